The zero-order valence-corrected chi connectivity index (χ0v) is 10.5. The predicted octanol–water partition coefficient (Wildman–Crippen LogP) is 2.19. The first kappa shape index (κ1) is 13.2. The quantitative estimate of drug-likeness (QED) is 0.627. The van der Waals surface area contributed by atoms with Crippen LogP contribution in [0.4, 0.5) is 0 Å². The summed E-state index contributed by atoms with van der Waals surface area (Å²) in [4.78, 5) is 11.3. The van der Waals surface area contributed by atoms with Crippen molar-refractivity contribution in [1.82, 2.24) is 5.43 Å². The van der Waals surface area contributed by atoms with Crippen LogP contribution in [0, 0.1) is 13.8 Å². The van der Waals surface area contributed by atoms with Crippen LogP contribution in [0.1, 0.15) is 24.5 Å². The summed E-state index contributed by atoms with van der Waals surface area (Å²) < 4.78 is 5.42. The average Bonchev–Trinajstić information content (AvgIpc) is 2.31. The van der Waals surface area contributed by atoms with Gasteiger partial charge in [-0.2, -0.15) is 5.10 Å². The zero-order valence-electron chi connectivity index (χ0n) is 10.5. The molecular formula is C13H18N2O2. The summed E-state index contributed by atoms with van der Waals surface area (Å²) in [6.07, 6.45) is 2.42. The number of hydrazone groups is 1. The maximum absolute atomic E-state index is 11.3. The highest BCUT2D eigenvalue weighted by Crippen LogP contribution is 2.18. The van der Waals surface area contributed by atoms with E-state index in [1.165, 1.54) is 0 Å². The number of nitrogens with zero attached hydrogens (tertiary/aromatic N) is 1. The Bertz CT molecular complexity index is 414. The Balaban J connectivity index is 2.47. The van der Waals surface area contributed by atoms with E-state index in [-0.39, 0.29) is 12.5 Å². The summed E-state index contributed by atoms with van der Waals surface area (Å²) in [6, 6.07) is 5.89. The molecule has 1 aromatic carbocycles. The van der Waals surface area contributed by atoms with Crippen molar-refractivity contribution in [3.63, 3.8) is 0 Å². The third kappa shape index (κ3) is 4.68. The van der Waals surface area contributed by atoms with E-state index in [2.05, 4.69) is 10.5 Å². The average molecular weight is 234 g/mol. The van der Waals surface area contributed by atoms with Gasteiger partial charge in [0.25, 0.3) is 5.91 Å². The first-order valence-electron chi connectivity index (χ1n) is 5.64. The van der Waals surface area contributed by atoms with E-state index in [9.17, 15) is 4.79 Å². The monoisotopic (exact) mass is 234 g/mol. The molecule has 1 N–H and O–H groups in total. The Morgan fingerprint density at radius 2 is 2.24 bits per heavy atom. The largest absolute Gasteiger partial charge is 0.483 e. The number of aryl methyl sites for hydroxylation is 2. The number of rotatable bonds is 5. The van der Waals surface area contributed by atoms with Gasteiger partial charge in [-0.1, -0.05) is 19.1 Å². The lowest BCUT2D eigenvalue weighted by Gasteiger charge is -2.08. The van der Waals surface area contributed by atoms with Crippen molar-refractivity contribution < 1.29 is 9.53 Å². The van der Waals surface area contributed by atoms with Crippen LogP contribution in [-0.2, 0) is 4.79 Å². The third-order valence-electron chi connectivity index (χ3n) is 2.17. The Morgan fingerprint density at radius 1 is 1.47 bits per heavy atom. The second-order valence-electron chi connectivity index (χ2n) is 3.81. The lowest BCUT2D eigenvalue weighted by Crippen LogP contribution is -2.24. The molecular weight excluding hydrogens is 216 g/mol. The SMILES string of the molecule is CCC=NNC(=O)COc1cc(C)ccc1C. The van der Waals surface area contributed by atoms with Crippen LogP contribution >= 0.6 is 0 Å². The van der Waals surface area contributed by atoms with Gasteiger partial charge in [0.2, 0.25) is 0 Å². The molecule has 0 aliphatic heterocycles. The minimum absolute atomic E-state index is 0.0225. The highest BCUT2D eigenvalue weighted by atomic mass is 16.5. The standard InChI is InChI=1S/C13H18N2O2/c1-4-7-14-15-13(16)9-17-12-8-10(2)5-6-11(12)3/h5-8H,4,9H2,1-3H3,(H,15,16). The highest BCUT2D eigenvalue weighted by molar-refractivity contribution is 5.78. The normalized spacial score (nSPS) is 10.5. The summed E-state index contributed by atoms with van der Waals surface area (Å²) in [5, 5.41) is 3.74. The summed E-state index contributed by atoms with van der Waals surface area (Å²) in [6.45, 7) is 5.85. The van der Waals surface area contributed by atoms with Crippen molar-refractivity contribution >= 4 is 12.1 Å². The molecule has 0 heterocycles. The molecule has 0 saturated heterocycles. The molecule has 0 atom stereocenters. The maximum atomic E-state index is 11.3. The Labute approximate surface area is 102 Å². The van der Waals surface area contributed by atoms with E-state index < -0.39 is 0 Å². The summed E-state index contributed by atoms with van der Waals surface area (Å²) in [5.41, 5.74) is 4.51. The van der Waals surface area contributed by atoms with E-state index >= 15 is 0 Å². The van der Waals surface area contributed by atoms with Crippen molar-refractivity contribution in [3.05, 3.63) is 29.3 Å². The molecule has 0 saturated carbocycles. The molecule has 1 aromatic rings. The van der Waals surface area contributed by atoms with Crippen LogP contribution < -0.4 is 10.2 Å². The van der Waals surface area contributed by atoms with Crippen molar-refractivity contribution in [2.24, 2.45) is 5.10 Å². The highest BCUT2D eigenvalue weighted by Gasteiger charge is 2.03. The lowest BCUT2D eigenvalue weighted by atomic mass is 10.1. The molecule has 0 bridgehead atoms. The van der Waals surface area contributed by atoms with Gasteiger partial charge in [-0.05, 0) is 37.5 Å². The fourth-order valence-corrected chi connectivity index (χ4v) is 1.25. The van der Waals surface area contributed by atoms with Gasteiger partial charge >= 0.3 is 0 Å². The first-order valence-corrected chi connectivity index (χ1v) is 5.64. The van der Waals surface area contributed by atoms with Gasteiger partial charge in [-0.3, -0.25) is 4.79 Å². The molecule has 0 aromatic heterocycles. The van der Waals surface area contributed by atoms with Crippen LogP contribution in [0.3, 0.4) is 0 Å². The smallest absolute Gasteiger partial charge is 0.277 e. The van der Waals surface area contributed by atoms with E-state index in [1.807, 2.05) is 39.0 Å². The number of amides is 1. The second kappa shape index (κ2) is 6.68. The third-order valence-corrected chi connectivity index (χ3v) is 2.17. The van der Waals surface area contributed by atoms with Crippen LogP contribution in [0.15, 0.2) is 23.3 Å². The molecule has 0 aliphatic rings. The van der Waals surface area contributed by atoms with Crippen LogP contribution in [0.25, 0.3) is 0 Å². The Hall–Kier alpha value is -1.84. The van der Waals surface area contributed by atoms with Gasteiger partial charge in [0.05, 0.1) is 0 Å². The Kier molecular flexibility index (Phi) is 5.20. The minimum atomic E-state index is -0.254. The van der Waals surface area contributed by atoms with Crippen molar-refractivity contribution in [3.8, 4) is 5.75 Å². The lowest BCUT2D eigenvalue weighted by molar-refractivity contribution is -0.123. The van der Waals surface area contributed by atoms with Gasteiger partial charge in [-0.15, -0.1) is 0 Å². The number of carbonyl (C=O) groups excluding carboxylic acids is 1. The van der Waals surface area contributed by atoms with E-state index in [0.29, 0.717) is 0 Å². The molecule has 4 nitrogen and oxygen atoms in total. The number of benzene rings is 1. The number of nitrogens with one attached hydrogen (secondary N) is 1. The molecule has 4 heteroatoms. The molecule has 92 valence electrons. The molecule has 17 heavy (non-hydrogen) atoms. The van der Waals surface area contributed by atoms with Crippen molar-refractivity contribution in [2.45, 2.75) is 27.2 Å². The molecule has 0 fully saturated rings. The fraction of sp³-hybridized carbons (Fsp3) is 0.385. The van der Waals surface area contributed by atoms with Gasteiger partial charge in [0, 0.05) is 6.21 Å². The van der Waals surface area contributed by atoms with Crippen molar-refractivity contribution in [2.75, 3.05) is 6.61 Å². The second-order valence-corrected chi connectivity index (χ2v) is 3.81. The fourth-order valence-electron chi connectivity index (χ4n) is 1.25. The topological polar surface area (TPSA) is 50.7 Å². The molecule has 1 rings (SSSR count). The number of carbonyl (C=O) groups is 1. The van der Waals surface area contributed by atoms with E-state index in [1.54, 1.807) is 6.21 Å². The summed E-state index contributed by atoms with van der Waals surface area (Å²) in [7, 11) is 0. The number of hydrogen-bond donors (Lipinski definition) is 1. The predicted molar refractivity (Wildman–Crippen MR) is 68.3 cm³/mol. The van der Waals surface area contributed by atoms with Crippen LogP contribution in [0.5, 0.6) is 5.75 Å². The van der Waals surface area contributed by atoms with Crippen LogP contribution in [-0.4, -0.2) is 18.7 Å². The first-order chi connectivity index (χ1) is 8.13. The van der Waals surface area contributed by atoms with Gasteiger partial charge in [0.15, 0.2) is 6.61 Å². The molecule has 0 spiro atoms. The molecule has 0 radical (unpaired) electrons. The Morgan fingerprint density at radius 3 is 2.94 bits per heavy atom. The van der Waals surface area contributed by atoms with Gasteiger partial charge < -0.3 is 4.74 Å². The van der Waals surface area contributed by atoms with Gasteiger partial charge in [-0.25, -0.2) is 5.43 Å². The van der Waals surface area contributed by atoms with Gasteiger partial charge in [0.1, 0.15) is 5.75 Å². The molecule has 0 unspecified atom stereocenters. The zero-order chi connectivity index (χ0) is 12.7. The van der Waals surface area contributed by atoms with E-state index in [4.69, 9.17) is 4.74 Å². The minimum Gasteiger partial charge on any atom is -0.483 e. The summed E-state index contributed by atoms with van der Waals surface area (Å²) >= 11 is 0. The molecule has 0 aliphatic carbocycles. The van der Waals surface area contributed by atoms with Crippen molar-refractivity contribution in [1.29, 1.82) is 0 Å². The number of hydrogen-bond acceptors (Lipinski definition) is 3. The van der Waals surface area contributed by atoms with E-state index in [0.717, 1.165) is 23.3 Å². The van der Waals surface area contributed by atoms with Crippen LogP contribution in [0.2, 0.25) is 0 Å². The summed E-state index contributed by atoms with van der Waals surface area (Å²) in [5.74, 6) is 0.482. The molecule has 1 amide bonds. The number of ether oxygens (including phenoxy) is 1. The maximum Gasteiger partial charge on any atom is 0.277 e.